The predicted octanol–water partition coefficient (Wildman–Crippen LogP) is 3.26. The van der Waals surface area contributed by atoms with E-state index in [4.69, 9.17) is 0 Å². The van der Waals surface area contributed by atoms with E-state index < -0.39 is 0 Å². The maximum atomic E-state index is 12.9. The molecule has 0 saturated carbocycles. The number of likely N-dealkylation sites (N-methyl/N-ethyl adjacent to an activating group) is 1. The van der Waals surface area contributed by atoms with Crippen molar-refractivity contribution in [3.63, 3.8) is 0 Å². The summed E-state index contributed by atoms with van der Waals surface area (Å²) in [6.45, 7) is 5.70. The highest BCUT2D eigenvalue weighted by molar-refractivity contribution is 6.01. The molecule has 25 heavy (non-hydrogen) atoms. The quantitative estimate of drug-likeness (QED) is 0.867. The summed E-state index contributed by atoms with van der Waals surface area (Å²) in [6.07, 6.45) is 2.11. The van der Waals surface area contributed by atoms with Gasteiger partial charge in [0.05, 0.1) is 12.2 Å². The Bertz CT molecular complexity index is 784. The highest BCUT2D eigenvalue weighted by atomic mass is 16.2. The van der Waals surface area contributed by atoms with Crippen molar-refractivity contribution in [1.82, 2.24) is 14.7 Å². The van der Waals surface area contributed by atoms with Crippen LogP contribution in [0, 0.1) is 0 Å². The van der Waals surface area contributed by atoms with Crippen LogP contribution in [0.2, 0.25) is 0 Å². The summed E-state index contributed by atoms with van der Waals surface area (Å²) in [4.78, 5) is 17.0. The summed E-state index contributed by atoms with van der Waals surface area (Å²) in [7, 11) is 2.10. The Hall–Kier alpha value is -2.34. The van der Waals surface area contributed by atoms with E-state index in [9.17, 15) is 4.79 Å². The molecule has 0 bridgehead atoms. The predicted molar refractivity (Wildman–Crippen MR) is 99.0 cm³/mol. The van der Waals surface area contributed by atoms with Crippen molar-refractivity contribution < 1.29 is 4.79 Å². The van der Waals surface area contributed by atoms with Crippen molar-refractivity contribution in [3.8, 4) is 0 Å². The van der Waals surface area contributed by atoms with Crippen LogP contribution in [0.5, 0.6) is 0 Å². The minimum absolute atomic E-state index is 0.0923. The molecule has 2 aromatic rings. The number of carbonyl (C=O) groups excluding carboxylic acids is 1. The number of carbonyl (C=O) groups is 1. The monoisotopic (exact) mass is 339 g/mol. The van der Waals surface area contributed by atoms with E-state index in [-0.39, 0.29) is 6.03 Å². The second-order valence-electron chi connectivity index (χ2n) is 7.17. The Morgan fingerprint density at radius 3 is 2.96 bits per heavy atom. The zero-order chi connectivity index (χ0) is 17.4. The molecule has 4 rings (SSSR count). The van der Waals surface area contributed by atoms with Gasteiger partial charge in [-0.25, -0.2) is 4.79 Å². The van der Waals surface area contributed by atoms with Gasteiger partial charge in [0.15, 0.2) is 5.82 Å². The molecule has 0 saturated heterocycles. The molecule has 0 spiro atoms. The number of amides is 2. The molecule has 6 heteroatoms. The van der Waals surface area contributed by atoms with Crippen LogP contribution >= 0.6 is 0 Å². The SMILES string of the molecule is CC1CCCN(C(=O)Nc2cc3n(n2)CCN(C)C3)c2ccccc21. The van der Waals surface area contributed by atoms with Crippen molar-refractivity contribution >= 4 is 17.5 Å². The molecule has 1 aromatic carbocycles. The van der Waals surface area contributed by atoms with Crippen molar-refractivity contribution in [3.05, 3.63) is 41.6 Å². The number of nitrogens with one attached hydrogen (secondary N) is 1. The normalized spacial score (nSPS) is 20.6. The summed E-state index contributed by atoms with van der Waals surface area (Å²) >= 11 is 0. The first-order valence-electron chi connectivity index (χ1n) is 9.04. The third-order valence-corrected chi connectivity index (χ3v) is 5.25. The number of para-hydroxylation sites is 1. The van der Waals surface area contributed by atoms with Gasteiger partial charge < -0.3 is 0 Å². The minimum atomic E-state index is -0.0923. The van der Waals surface area contributed by atoms with E-state index >= 15 is 0 Å². The first-order chi connectivity index (χ1) is 12.1. The van der Waals surface area contributed by atoms with E-state index in [1.807, 2.05) is 27.8 Å². The van der Waals surface area contributed by atoms with Crippen molar-refractivity contribution in [2.75, 3.05) is 30.4 Å². The van der Waals surface area contributed by atoms with Gasteiger partial charge >= 0.3 is 6.03 Å². The van der Waals surface area contributed by atoms with Crippen LogP contribution in [0.3, 0.4) is 0 Å². The van der Waals surface area contributed by atoms with Crippen molar-refractivity contribution in [2.45, 2.75) is 38.8 Å². The van der Waals surface area contributed by atoms with Gasteiger partial charge in [0.25, 0.3) is 0 Å². The second kappa shape index (κ2) is 6.52. The number of hydrogen-bond donors (Lipinski definition) is 1. The van der Waals surface area contributed by atoms with Gasteiger partial charge in [0.1, 0.15) is 0 Å². The number of nitrogens with zero attached hydrogens (tertiary/aromatic N) is 4. The van der Waals surface area contributed by atoms with Gasteiger partial charge in [-0.1, -0.05) is 25.1 Å². The van der Waals surface area contributed by atoms with Crippen LogP contribution < -0.4 is 10.2 Å². The molecule has 1 N–H and O–H groups in total. The Balaban J connectivity index is 1.56. The standard InChI is InChI=1S/C19H25N5O/c1-14-6-5-9-23(17-8-4-3-7-16(14)17)19(25)20-18-12-15-13-22(2)10-11-24(15)21-18/h3-4,7-8,12,14H,5-6,9-11,13H2,1-2H3,(H,20,21,25). The van der Waals surface area contributed by atoms with Gasteiger partial charge in [-0.3, -0.25) is 19.8 Å². The van der Waals surface area contributed by atoms with Crippen LogP contribution in [0.4, 0.5) is 16.3 Å². The Morgan fingerprint density at radius 1 is 1.24 bits per heavy atom. The Labute approximate surface area is 148 Å². The number of anilines is 2. The molecule has 132 valence electrons. The third kappa shape index (κ3) is 3.14. The zero-order valence-electron chi connectivity index (χ0n) is 14.9. The van der Waals surface area contributed by atoms with Gasteiger partial charge in [-0.2, -0.15) is 5.10 Å². The topological polar surface area (TPSA) is 53.4 Å². The third-order valence-electron chi connectivity index (χ3n) is 5.25. The minimum Gasteiger partial charge on any atom is -0.299 e. The molecule has 0 radical (unpaired) electrons. The molecular weight excluding hydrogens is 314 g/mol. The zero-order valence-corrected chi connectivity index (χ0v) is 14.9. The van der Waals surface area contributed by atoms with E-state index in [0.29, 0.717) is 11.7 Å². The lowest BCUT2D eigenvalue weighted by Crippen LogP contribution is -2.35. The van der Waals surface area contributed by atoms with Crippen LogP contribution in [0.25, 0.3) is 0 Å². The summed E-state index contributed by atoms with van der Waals surface area (Å²) < 4.78 is 1.99. The number of urea groups is 1. The first kappa shape index (κ1) is 16.1. The summed E-state index contributed by atoms with van der Waals surface area (Å²) in [5.41, 5.74) is 3.42. The van der Waals surface area contributed by atoms with Crippen LogP contribution in [-0.4, -0.2) is 40.8 Å². The Kier molecular flexibility index (Phi) is 4.21. The van der Waals surface area contributed by atoms with Crippen LogP contribution in [0.1, 0.15) is 36.9 Å². The molecule has 1 unspecified atom stereocenters. The molecule has 6 nitrogen and oxygen atoms in total. The fourth-order valence-electron chi connectivity index (χ4n) is 3.83. The summed E-state index contributed by atoms with van der Waals surface area (Å²) in [5.74, 6) is 1.12. The number of aromatic nitrogens is 2. The van der Waals surface area contributed by atoms with E-state index in [1.165, 1.54) is 5.56 Å². The molecule has 0 fully saturated rings. The average molecular weight is 339 g/mol. The lowest BCUT2D eigenvalue weighted by atomic mass is 9.96. The van der Waals surface area contributed by atoms with E-state index in [2.05, 4.69) is 41.4 Å². The molecule has 3 heterocycles. The van der Waals surface area contributed by atoms with Crippen LogP contribution in [0.15, 0.2) is 30.3 Å². The van der Waals surface area contributed by atoms with Gasteiger partial charge in [-0.15, -0.1) is 0 Å². The number of rotatable bonds is 1. The van der Waals surface area contributed by atoms with Crippen LogP contribution in [-0.2, 0) is 13.1 Å². The Morgan fingerprint density at radius 2 is 2.08 bits per heavy atom. The smallest absolute Gasteiger partial charge is 0.299 e. The summed E-state index contributed by atoms with van der Waals surface area (Å²) in [5, 5.41) is 7.55. The maximum absolute atomic E-state index is 12.9. The fourth-order valence-corrected chi connectivity index (χ4v) is 3.83. The number of fused-ring (bicyclic) bond motifs is 2. The summed E-state index contributed by atoms with van der Waals surface area (Å²) in [6, 6.07) is 10.1. The lowest BCUT2D eigenvalue weighted by Gasteiger charge is -2.23. The number of benzene rings is 1. The highest BCUT2D eigenvalue weighted by Crippen LogP contribution is 2.34. The first-order valence-corrected chi connectivity index (χ1v) is 9.04. The van der Waals surface area contributed by atoms with Gasteiger partial charge in [-0.05, 0) is 37.4 Å². The second-order valence-corrected chi connectivity index (χ2v) is 7.17. The highest BCUT2D eigenvalue weighted by Gasteiger charge is 2.25. The molecule has 1 aromatic heterocycles. The molecule has 1 atom stereocenters. The van der Waals surface area contributed by atoms with Crippen molar-refractivity contribution in [1.29, 1.82) is 0 Å². The largest absolute Gasteiger partial charge is 0.327 e. The molecule has 2 amide bonds. The van der Waals surface area contributed by atoms with Gasteiger partial charge in [0.2, 0.25) is 0 Å². The average Bonchev–Trinajstić information content (AvgIpc) is 2.91. The number of hydrogen-bond acceptors (Lipinski definition) is 3. The molecule has 2 aliphatic rings. The van der Waals surface area contributed by atoms with Crippen molar-refractivity contribution in [2.24, 2.45) is 0 Å². The maximum Gasteiger partial charge on any atom is 0.327 e. The van der Waals surface area contributed by atoms with E-state index in [0.717, 1.165) is 50.4 Å². The lowest BCUT2D eigenvalue weighted by molar-refractivity contribution is 0.256. The van der Waals surface area contributed by atoms with Gasteiger partial charge in [0, 0.05) is 31.4 Å². The fraction of sp³-hybridized carbons (Fsp3) is 0.474. The van der Waals surface area contributed by atoms with E-state index in [1.54, 1.807) is 0 Å². The molecule has 0 aliphatic carbocycles. The molecule has 2 aliphatic heterocycles. The molecular formula is C19H25N5O.